The highest BCUT2D eigenvalue weighted by molar-refractivity contribution is 7.89. The predicted molar refractivity (Wildman–Crippen MR) is 75.6 cm³/mol. The molecule has 0 amide bonds. The van der Waals surface area contributed by atoms with Crippen molar-refractivity contribution in [3.63, 3.8) is 0 Å². The summed E-state index contributed by atoms with van der Waals surface area (Å²) in [5, 5.41) is 3.29. The van der Waals surface area contributed by atoms with Gasteiger partial charge in [0.15, 0.2) is 0 Å². The number of hydrogen-bond donors (Lipinski definition) is 1. The summed E-state index contributed by atoms with van der Waals surface area (Å²) in [5.74, 6) is 0.160. The van der Waals surface area contributed by atoms with Crippen molar-refractivity contribution in [3.05, 3.63) is 0 Å². The van der Waals surface area contributed by atoms with Gasteiger partial charge in [0.2, 0.25) is 10.0 Å². The highest BCUT2D eigenvalue weighted by Gasteiger charge is 2.33. The summed E-state index contributed by atoms with van der Waals surface area (Å²) in [6.07, 6.45) is 4.86. The van der Waals surface area contributed by atoms with Crippen LogP contribution in [-0.2, 0) is 14.8 Å². The normalized spacial score (nSPS) is 30.4. The monoisotopic (exact) mass is 290 g/mol. The van der Waals surface area contributed by atoms with Crippen molar-refractivity contribution in [2.24, 2.45) is 0 Å². The average molecular weight is 290 g/mol. The molecule has 0 bridgehead atoms. The lowest BCUT2D eigenvalue weighted by molar-refractivity contribution is 0.0296. The number of nitrogens with zero attached hydrogens (tertiary/aromatic N) is 1. The Kier molecular flexibility index (Phi) is 5.62. The molecule has 2 heterocycles. The summed E-state index contributed by atoms with van der Waals surface area (Å²) in [6, 6.07) is 0.118. The Morgan fingerprint density at radius 3 is 2.89 bits per heavy atom. The van der Waals surface area contributed by atoms with E-state index in [0.717, 1.165) is 45.2 Å². The zero-order chi connectivity index (χ0) is 13.7. The zero-order valence-electron chi connectivity index (χ0n) is 11.8. The zero-order valence-corrected chi connectivity index (χ0v) is 12.6. The van der Waals surface area contributed by atoms with Crippen LogP contribution >= 0.6 is 0 Å². The molecule has 2 aliphatic heterocycles. The highest BCUT2D eigenvalue weighted by Crippen LogP contribution is 2.20. The van der Waals surface area contributed by atoms with Gasteiger partial charge in [0.25, 0.3) is 0 Å². The number of ether oxygens (including phenoxy) is 1. The Balaban J connectivity index is 1.99. The molecule has 0 radical (unpaired) electrons. The molecule has 0 saturated carbocycles. The first kappa shape index (κ1) is 15.2. The van der Waals surface area contributed by atoms with E-state index >= 15 is 0 Å². The summed E-state index contributed by atoms with van der Waals surface area (Å²) < 4.78 is 32.4. The minimum absolute atomic E-state index is 0.101. The molecule has 2 saturated heterocycles. The van der Waals surface area contributed by atoms with E-state index in [1.807, 2.05) is 0 Å². The summed E-state index contributed by atoms with van der Waals surface area (Å²) in [7, 11) is -3.19. The van der Waals surface area contributed by atoms with E-state index in [-0.39, 0.29) is 17.9 Å². The van der Waals surface area contributed by atoms with Crippen molar-refractivity contribution in [3.8, 4) is 0 Å². The van der Waals surface area contributed by atoms with Crippen LogP contribution in [0.15, 0.2) is 0 Å². The van der Waals surface area contributed by atoms with Crippen molar-refractivity contribution >= 4 is 10.0 Å². The first-order valence-electron chi connectivity index (χ1n) is 7.45. The van der Waals surface area contributed by atoms with Gasteiger partial charge in [0, 0.05) is 32.3 Å². The van der Waals surface area contributed by atoms with Crippen molar-refractivity contribution in [2.75, 3.05) is 32.0 Å². The number of rotatable bonds is 5. The lowest BCUT2D eigenvalue weighted by atomic mass is 10.1. The molecule has 0 aromatic heterocycles. The lowest BCUT2D eigenvalue weighted by Gasteiger charge is -2.36. The first-order valence-corrected chi connectivity index (χ1v) is 9.06. The smallest absolute Gasteiger partial charge is 0.216 e. The van der Waals surface area contributed by atoms with Gasteiger partial charge in [-0.2, -0.15) is 4.31 Å². The van der Waals surface area contributed by atoms with Gasteiger partial charge in [-0.25, -0.2) is 8.42 Å². The molecule has 0 spiro atoms. The quantitative estimate of drug-likeness (QED) is 0.819. The topological polar surface area (TPSA) is 58.6 Å². The van der Waals surface area contributed by atoms with Gasteiger partial charge in [-0.1, -0.05) is 13.3 Å². The van der Waals surface area contributed by atoms with Crippen molar-refractivity contribution < 1.29 is 13.2 Å². The van der Waals surface area contributed by atoms with Crippen LogP contribution in [0.2, 0.25) is 0 Å². The van der Waals surface area contributed by atoms with E-state index in [9.17, 15) is 8.42 Å². The Morgan fingerprint density at radius 1 is 1.37 bits per heavy atom. The van der Waals surface area contributed by atoms with Crippen molar-refractivity contribution in [1.29, 1.82) is 0 Å². The fourth-order valence-electron chi connectivity index (χ4n) is 2.96. The van der Waals surface area contributed by atoms with Crippen LogP contribution in [0.25, 0.3) is 0 Å². The Bertz CT molecular complexity index is 364. The second-order valence-corrected chi connectivity index (χ2v) is 7.49. The van der Waals surface area contributed by atoms with E-state index in [2.05, 4.69) is 12.2 Å². The van der Waals surface area contributed by atoms with E-state index in [1.54, 1.807) is 4.31 Å². The van der Waals surface area contributed by atoms with Gasteiger partial charge < -0.3 is 10.1 Å². The third-order valence-electron chi connectivity index (χ3n) is 3.95. The fraction of sp³-hybridized carbons (Fsp3) is 1.00. The van der Waals surface area contributed by atoms with Gasteiger partial charge in [0.05, 0.1) is 11.9 Å². The number of nitrogens with one attached hydrogen (secondary N) is 1. The maximum absolute atomic E-state index is 12.6. The first-order chi connectivity index (χ1) is 9.13. The van der Waals surface area contributed by atoms with Crippen LogP contribution in [-0.4, -0.2) is 56.9 Å². The second-order valence-electron chi connectivity index (χ2n) is 5.52. The summed E-state index contributed by atoms with van der Waals surface area (Å²) in [6.45, 7) is 4.94. The standard InChI is InChI=1S/C13H26N2O3S/c1-2-5-12-10-14-7-8-15(12)19(16,17)11-13-6-3-4-9-18-13/h12-14H,2-11H2,1H3. The maximum Gasteiger partial charge on any atom is 0.216 e. The van der Waals surface area contributed by atoms with Gasteiger partial charge in [0.1, 0.15) is 0 Å². The van der Waals surface area contributed by atoms with Crippen LogP contribution in [0.3, 0.4) is 0 Å². The molecule has 2 fully saturated rings. The SMILES string of the molecule is CCCC1CNCCN1S(=O)(=O)CC1CCCCO1. The molecule has 2 atom stereocenters. The molecule has 112 valence electrons. The largest absolute Gasteiger partial charge is 0.377 e. The molecule has 0 aromatic carbocycles. The molecule has 6 heteroatoms. The fourth-order valence-corrected chi connectivity index (χ4v) is 4.89. The second kappa shape index (κ2) is 7.02. The van der Waals surface area contributed by atoms with Crippen LogP contribution in [0.1, 0.15) is 39.0 Å². The number of sulfonamides is 1. The number of piperazine rings is 1. The predicted octanol–water partition coefficient (Wildman–Crippen LogP) is 0.959. The Hall–Kier alpha value is -0.170. The molecule has 19 heavy (non-hydrogen) atoms. The third kappa shape index (κ3) is 4.15. The van der Waals surface area contributed by atoms with Gasteiger partial charge in [-0.3, -0.25) is 0 Å². The van der Waals surface area contributed by atoms with Crippen LogP contribution in [0, 0.1) is 0 Å². The number of hydrogen-bond acceptors (Lipinski definition) is 4. The molecular formula is C13H26N2O3S. The minimum atomic E-state index is -3.19. The molecule has 2 aliphatic rings. The third-order valence-corrected chi connectivity index (χ3v) is 5.93. The van der Waals surface area contributed by atoms with E-state index in [1.165, 1.54) is 0 Å². The molecule has 0 aromatic rings. The van der Waals surface area contributed by atoms with E-state index in [0.29, 0.717) is 13.2 Å². The van der Waals surface area contributed by atoms with Crippen molar-refractivity contribution in [2.45, 2.75) is 51.2 Å². The van der Waals surface area contributed by atoms with E-state index < -0.39 is 10.0 Å². The minimum Gasteiger partial charge on any atom is -0.377 e. The molecule has 2 unspecified atom stereocenters. The molecule has 0 aliphatic carbocycles. The van der Waals surface area contributed by atoms with Crippen LogP contribution in [0.5, 0.6) is 0 Å². The molecule has 5 nitrogen and oxygen atoms in total. The van der Waals surface area contributed by atoms with Gasteiger partial charge >= 0.3 is 0 Å². The average Bonchev–Trinajstić information content (AvgIpc) is 2.40. The highest BCUT2D eigenvalue weighted by atomic mass is 32.2. The Morgan fingerprint density at radius 2 is 2.21 bits per heavy atom. The maximum atomic E-state index is 12.6. The Labute approximate surface area is 116 Å². The van der Waals surface area contributed by atoms with Gasteiger partial charge in [-0.05, 0) is 25.7 Å². The van der Waals surface area contributed by atoms with Gasteiger partial charge in [-0.15, -0.1) is 0 Å². The lowest BCUT2D eigenvalue weighted by Crippen LogP contribution is -2.54. The molecule has 2 rings (SSSR count). The van der Waals surface area contributed by atoms with Crippen LogP contribution in [0.4, 0.5) is 0 Å². The molecule has 1 N–H and O–H groups in total. The summed E-state index contributed by atoms with van der Waals surface area (Å²) in [5.41, 5.74) is 0. The summed E-state index contributed by atoms with van der Waals surface area (Å²) in [4.78, 5) is 0. The summed E-state index contributed by atoms with van der Waals surface area (Å²) >= 11 is 0. The van der Waals surface area contributed by atoms with Crippen molar-refractivity contribution in [1.82, 2.24) is 9.62 Å². The van der Waals surface area contributed by atoms with Crippen LogP contribution < -0.4 is 5.32 Å². The van der Waals surface area contributed by atoms with E-state index in [4.69, 9.17) is 4.74 Å². The molecular weight excluding hydrogens is 264 g/mol.